The molecule has 1 heterocycles. The third kappa shape index (κ3) is 3.61. The van der Waals surface area contributed by atoms with Gasteiger partial charge in [-0.25, -0.2) is 13.6 Å². The van der Waals surface area contributed by atoms with E-state index in [0.29, 0.717) is 24.2 Å². The third-order valence-electron chi connectivity index (χ3n) is 3.59. The minimum absolute atomic E-state index is 0.00424. The van der Waals surface area contributed by atoms with Crippen LogP contribution in [0.5, 0.6) is 0 Å². The summed E-state index contributed by atoms with van der Waals surface area (Å²) in [4.78, 5) is 14.3. The minimum Gasteiger partial charge on any atom is -0.336 e. The summed E-state index contributed by atoms with van der Waals surface area (Å²) in [7, 11) is -3.82. The maximum Gasteiger partial charge on any atom is 0.254 e. The topological polar surface area (TPSA) is 92.5 Å². The van der Waals surface area contributed by atoms with Crippen molar-refractivity contribution in [3.8, 4) is 0 Å². The van der Waals surface area contributed by atoms with Crippen LogP contribution in [0.1, 0.15) is 29.8 Å². The first-order chi connectivity index (χ1) is 9.68. The van der Waals surface area contributed by atoms with Crippen molar-refractivity contribution in [2.45, 2.75) is 37.8 Å². The van der Waals surface area contributed by atoms with Gasteiger partial charge < -0.3 is 10.2 Å². The second kappa shape index (κ2) is 5.75. The number of primary sulfonamides is 1. The smallest absolute Gasteiger partial charge is 0.254 e. The van der Waals surface area contributed by atoms with Gasteiger partial charge in [0.1, 0.15) is 0 Å². The fraction of sp³-hybridized carbons (Fsp3) is 0.500. The van der Waals surface area contributed by atoms with Crippen LogP contribution in [-0.4, -0.2) is 44.4 Å². The largest absolute Gasteiger partial charge is 0.336 e. The van der Waals surface area contributed by atoms with E-state index in [9.17, 15) is 13.2 Å². The van der Waals surface area contributed by atoms with Gasteiger partial charge in [0.25, 0.3) is 5.91 Å². The number of carbonyl (C=O) groups excluding carboxylic acids is 1. The van der Waals surface area contributed by atoms with Crippen LogP contribution in [0.25, 0.3) is 0 Å². The van der Waals surface area contributed by atoms with Gasteiger partial charge in [-0.2, -0.15) is 0 Å². The lowest BCUT2D eigenvalue weighted by Crippen LogP contribution is -2.55. The van der Waals surface area contributed by atoms with Crippen LogP contribution >= 0.6 is 0 Å². The van der Waals surface area contributed by atoms with Crippen molar-refractivity contribution >= 4 is 15.9 Å². The summed E-state index contributed by atoms with van der Waals surface area (Å²) in [5.74, 6) is -0.167. The number of nitrogens with one attached hydrogen (secondary N) is 1. The van der Waals surface area contributed by atoms with Gasteiger partial charge in [0.2, 0.25) is 10.0 Å². The summed E-state index contributed by atoms with van der Waals surface area (Å²) in [6.45, 7) is 6.88. The molecule has 1 aliphatic rings. The molecule has 1 saturated heterocycles. The number of sulfonamides is 1. The fourth-order valence-electron chi connectivity index (χ4n) is 2.71. The van der Waals surface area contributed by atoms with Crippen LogP contribution < -0.4 is 10.5 Å². The molecule has 1 amide bonds. The van der Waals surface area contributed by atoms with E-state index in [1.54, 1.807) is 24.0 Å². The van der Waals surface area contributed by atoms with Crippen LogP contribution in [0, 0.1) is 6.92 Å². The van der Waals surface area contributed by atoms with Crippen LogP contribution in [0.4, 0.5) is 0 Å². The van der Waals surface area contributed by atoms with E-state index in [1.165, 1.54) is 6.07 Å². The second-order valence-electron chi connectivity index (χ2n) is 5.70. The van der Waals surface area contributed by atoms with Gasteiger partial charge in [-0.1, -0.05) is 6.07 Å². The Morgan fingerprint density at radius 2 is 1.86 bits per heavy atom. The zero-order valence-corrected chi connectivity index (χ0v) is 13.3. The van der Waals surface area contributed by atoms with Gasteiger partial charge in [0.15, 0.2) is 0 Å². The molecule has 1 aliphatic heterocycles. The van der Waals surface area contributed by atoms with Gasteiger partial charge in [0, 0.05) is 30.7 Å². The maximum absolute atomic E-state index is 12.5. The number of carbonyl (C=O) groups is 1. The molecule has 7 heteroatoms. The lowest BCUT2D eigenvalue weighted by Gasteiger charge is -2.36. The molecule has 0 aliphatic carbocycles. The molecular formula is C14H21N3O3S. The maximum atomic E-state index is 12.5. The Morgan fingerprint density at radius 3 is 2.38 bits per heavy atom. The van der Waals surface area contributed by atoms with Crippen molar-refractivity contribution in [2.24, 2.45) is 5.14 Å². The minimum atomic E-state index is -3.82. The Hall–Kier alpha value is -1.44. The summed E-state index contributed by atoms with van der Waals surface area (Å²) >= 11 is 0. The number of hydrogen-bond acceptors (Lipinski definition) is 4. The Labute approximate surface area is 125 Å². The second-order valence-corrected chi connectivity index (χ2v) is 7.23. The van der Waals surface area contributed by atoms with Crippen molar-refractivity contribution in [2.75, 3.05) is 13.1 Å². The molecule has 0 bridgehead atoms. The molecule has 2 atom stereocenters. The normalized spacial score (nSPS) is 23.1. The van der Waals surface area contributed by atoms with Gasteiger partial charge in [-0.05, 0) is 38.5 Å². The average molecular weight is 311 g/mol. The predicted molar refractivity (Wildman–Crippen MR) is 80.5 cm³/mol. The first-order valence-corrected chi connectivity index (χ1v) is 8.42. The summed E-state index contributed by atoms with van der Waals surface area (Å²) in [5, 5.41) is 8.54. The van der Waals surface area contributed by atoms with E-state index in [2.05, 4.69) is 5.32 Å². The summed E-state index contributed by atoms with van der Waals surface area (Å²) in [6.07, 6.45) is 0. The molecule has 0 radical (unpaired) electrons. The Balaban J connectivity index is 2.32. The van der Waals surface area contributed by atoms with Gasteiger partial charge in [0.05, 0.1) is 4.90 Å². The van der Waals surface area contributed by atoms with Crippen LogP contribution in [0.3, 0.4) is 0 Å². The first kappa shape index (κ1) is 15.9. The standard InChI is InChI=1S/C14H21N3O3S/c1-9-4-5-12(6-13(9)21(15,19)20)14(18)17-7-10(2)16-11(3)8-17/h4-6,10-11,16H,7-8H2,1-3H3,(H2,15,19,20). The molecule has 2 unspecified atom stereocenters. The van der Waals surface area contributed by atoms with E-state index in [4.69, 9.17) is 5.14 Å². The number of nitrogens with two attached hydrogens (primary N) is 1. The summed E-state index contributed by atoms with van der Waals surface area (Å²) in [6, 6.07) is 5.04. The number of nitrogens with zero attached hydrogens (tertiary/aromatic N) is 1. The molecule has 1 aromatic rings. The quantitative estimate of drug-likeness (QED) is 0.830. The van der Waals surface area contributed by atoms with Crippen molar-refractivity contribution in [1.29, 1.82) is 0 Å². The molecule has 0 saturated carbocycles. The van der Waals surface area contributed by atoms with Crippen LogP contribution in [0.2, 0.25) is 0 Å². The molecule has 1 fully saturated rings. The summed E-state index contributed by atoms with van der Waals surface area (Å²) in [5.41, 5.74) is 0.891. The van der Waals surface area contributed by atoms with E-state index in [1.807, 2.05) is 13.8 Å². The molecular weight excluding hydrogens is 290 g/mol. The van der Waals surface area contributed by atoms with E-state index in [0.717, 1.165) is 0 Å². The summed E-state index contributed by atoms with van der Waals surface area (Å²) < 4.78 is 23.1. The Bertz CT molecular complexity index is 647. The predicted octanol–water partition coefficient (Wildman–Crippen LogP) is 0.465. The van der Waals surface area contributed by atoms with Crippen molar-refractivity contribution in [1.82, 2.24) is 10.2 Å². The molecule has 1 aromatic carbocycles. The molecule has 0 aromatic heterocycles. The Morgan fingerprint density at radius 1 is 1.29 bits per heavy atom. The van der Waals surface area contributed by atoms with Gasteiger partial charge >= 0.3 is 0 Å². The van der Waals surface area contributed by atoms with E-state index < -0.39 is 10.0 Å². The number of piperazine rings is 1. The highest BCUT2D eigenvalue weighted by molar-refractivity contribution is 7.89. The van der Waals surface area contributed by atoms with Crippen molar-refractivity contribution < 1.29 is 13.2 Å². The highest BCUT2D eigenvalue weighted by Crippen LogP contribution is 2.18. The van der Waals surface area contributed by atoms with Crippen molar-refractivity contribution in [3.05, 3.63) is 29.3 Å². The van der Waals surface area contributed by atoms with Crippen molar-refractivity contribution in [3.63, 3.8) is 0 Å². The van der Waals surface area contributed by atoms with Gasteiger partial charge in [-0.3, -0.25) is 4.79 Å². The van der Waals surface area contributed by atoms with Crippen LogP contribution in [0.15, 0.2) is 23.1 Å². The average Bonchev–Trinajstić information content (AvgIpc) is 2.36. The Kier molecular flexibility index (Phi) is 4.36. The highest BCUT2D eigenvalue weighted by atomic mass is 32.2. The number of rotatable bonds is 2. The lowest BCUT2D eigenvalue weighted by atomic mass is 10.1. The third-order valence-corrected chi connectivity index (χ3v) is 4.64. The zero-order valence-electron chi connectivity index (χ0n) is 12.5. The lowest BCUT2D eigenvalue weighted by molar-refractivity contribution is 0.0673. The molecule has 6 nitrogen and oxygen atoms in total. The molecule has 21 heavy (non-hydrogen) atoms. The van der Waals surface area contributed by atoms with Gasteiger partial charge in [-0.15, -0.1) is 0 Å². The zero-order chi connectivity index (χ0) is 15.8. The SMILES string of the molecule is Cc1ccc(C(=O)N2CC(C)NC(C)C2)cc1S(N)(=O)=O. The number of benzene rings is 1. The molecule has 0 spiro atoms. The van der Waals surface area contributed by atoms with E-state index in [-0.39, 0.29) is 22.9 Å². The number of hydrogen-bond donors (Lipinski definition) is 2. The molecule has 3 N–H and O–H groups in total. The monoisotopic (exact) mass is 311 g/mol. The first-order valence-electron chi connectivity index (χ1n) is 6.87. The molecule has 2 rings (SSSR count). The number of aryl methyl sites for hydroxylation is 1. The highest BCUT2D eigenvalue weighted by Gasteiger charge is 2.26. The fourth-order valence-corrected chi connectivity index (χ4v) is 3.52. The van der Waals surface area contributed by atoms with E-state index >= 15 is 0 Å². The molecule has 116 valence electrons. The number of amides is 1. The van der Waals surface area contributed by atoms with Crippen LogP contribution in [-0.2, 0) is 10.0 Å².